The number of nitro benzene ring substituents is 1. The molecule has 1 aliphatic carbocycles. The van der Waals surface area contributed by atoms with Gasteiger partial charge in [-0.05, 0) is 31.9 Å². The van der Waals surface area contributed by atoms with Crippen molar-refractivity contribution < 1.29 is 19.6 Å². The van der Waals surface area contributed by atoms with Crippen molar-refractivity contribution in [3.05, 3.63) is 62.7 Å². The van der Waals surface area contributed by atoms with Crippen molar-refractivity contribution in [3.8, 4) is 11.1 Å². The molecule has 0 aliphatic heterocycles. The molecule has 1 aliphatic rings. The normalized spacial score (nSPS) is 18.0. The van der Waals surface area contributed by atoms with Crippen LogP contribution in [0.25, 0.3) is 11.1 Å². The number of nitro groups is 1. The van der Waals surface area contributed by atoms with Gasteiger partial charge in [0, 0.05) is 17.2 Å². The molecule has 1 N–H and O–H groups in total. The van der Waals surface area contributed by atoms with Gasteiger partial charge in [0.15, 0.2) is 0 Å². The number of hydrogen-bond donors (Lipinski definition) is 1. The Morgan fingerprint density at radius 1 is 1.33 bits per heavy atom. The predicted octanol–water partition coefficient (Wildman–Crippen LogP) is 2.99. The van der Waals surface area contributed by atoms with E-state index in [4.69, 9.17) is 4.74 Å². The first-order valence-corrected chi connectivity index (χ1v) is 7.62. The lowest BCUT2D eigenvalue weighted by molar-refractivity contribution is -0.384. The monoisotopic (exact) mass is 327 g/mol. The van der Waals surface area contributed by atoms with Crippen molar-refractivity contribution in [3.63, 3.8) is 0 Å². The zero-order chi connectivity index (χ0) is 17.6. The molecule has 24 heavy (non-hydrogen) atoms. The van der Waals surface area contributed by atoms with Crippen molar-refractivity contribution in [2.45, 2.75) is 26.4 Å². The van der Waals surface area contributed by atoms with Crippen molar-refractivity contribution >= 4 is 11.7 Å². The van der Waals surface area contributed by atoms with E-state index >= 15 is 0 Å². The van der Waals surface area contributed by atoms with Crippen molar-refractivity contribution in [2.24, 2.45) is 0 Å². The Balaban J connectivity index is 2.44. The Bertz CT molecular complexity index is 874. The van der Waals surface area contributed by atoms with E-state index in [9.17, 15) is 20.0 Å². The van der Waals surface area contributed by atoms with E-state index in [0.29, 0.717) is 16.7 Å². The maximum absolute atomic E-state index is 12.6. The van der Waals surface area contributed by atoms with Crippen LogP contribution in [0.1, 0.15) is 29.2 Å². The predicted molar refractivity (Wildman–Crippen MR) is 87.6 cm³/mol. The number of carbonyl (C=O) groups excluding carboxylic acids is 1. The highest BCUT2D eigenvalue weighted by Gasteiger charge is 2.52. The molecule has 0 saturated carbocycles. The zero-order valence-corrected chi connectivity index (χ0v) is 13.6. The van der Waals surface area contributed by atoms with Crippen LogP contribution in [0.15, 0.2) is 30.3 Å². The molecular weight excluding hydrogens is 310 g/mol. The van der Waals surface area contributed by atoms with E-state index in [1.165, 1.54) is 18.2 Å². The summed E-state index contributed by atoms with van der Waals surface area (Å²) in [6.45, 7) is 5.39. The van der Waals surface area contributed by atoms with E-state index in [1.807, 2.05) is 13.0 Å². The molecule has 3 rings (SSSR count). The number of fused-ring (bicyclic) bond motifs is 3. The summed E-state index contributed by atoms with van der Waals surface area (Å²) in [6.07, 6.45) is 0. The Hall–Kier alpha value is -2.73. The second-order valence-electron chi connectivity index (χ2n) is 5.89. The molecular formula is C18H17NO5. The molecule has 0 fully saturated rings. The number of carbonyl (C=O) groups is 1. The summed E-state index contributed by atoms with van der Waals surface area (Å²) < 4.78 is 5.07. The van der Waals surface area contributed by atoms with Gasteiger partial charge in [-0.2, -0.15) is 0 Å². The molecule has 6 heteroatoms. The Kier molecular flexibility index (Phi) is 3.64. The topological polar surface area (TPSA) is 89.7 Å². The fourth-order valence-corrected chi connectivity index (χ4v) is 3.50. The Morgan fingerprint density at radius 3 is 2.67 bits per heavy atom. The van der Waals surface area contributed by atoms with Crippen LogP contribution in [0.3, 0.4) is 0 Å². The third-order valence-electron chi connectivity index (χ3n) is 4.31. The molecule has 1 atom stereocenters. The van der Waals surface area contributed by atoms with Crippen LogP contribution in [0.2, 0.25) is 0 Å². The first-order chi connectivity index (χ1) is 11.3. The summed E-state index contributed by atoms with van der Waals surface area (Å²) in [7, 11) is 0. The smallest absolute Gasteiger partial charge is 0.347 e. The van der Waals surface area contributed by atoms with Gasteiger partial charge in [-0.1, -0.05) is 29.8 Å². The first-order valence-electron chi connectivity index (χ1n) is 7.62. The standard InChI is InChI=1S/C18H17NO5/c1-4-24-17(20)18(21)13-6-5-7-14(19(22)23)15(13)12-9-10(2)8-11(3)16(12)18/h5-9,21H,4H2,1-3H3. The van der Waals surface area contributed by atoms with Crippen LogP contribution in [-0.4, -0.2) is 22.6 Å². The number of esters is 1. The quantitative estimate of drug-likeness (QED) is 0.532. The molecule has 0 amide bonds. The lowest BCUT2D eigenvalue weighted by Gasteiger charge is -2.24. The minimum atomic E-state index is -2.04. The fourth-order valence-electron chi connectivity index (χ4n) is 3.50. The van der Waals surface area contributed by atoms with Gasteiger partial charge >= 0.3 is 5.97 Å². The van der Waals surface area contributed by atoms with Crippen molar-refractivity contribution in [1.29, 1.82) is 0 Å². The molecule has 0 bridgehead atoms. The van der Waals surface area contributed by atoms with Gasteiger partial charge in [0.2, 0.25) is 5.60 Å². The number of aliphatic hydroxyl groups is 1. The van der Waals surface area contributed by atoms with Crippen LogP contribution in [-0.2, 0) is 15.1 Å². The minimum absolute atomic E-state index is 0.103. The first kappa shape index (κ1) is 16.1. The van der Waals surface area contributed by atoms with Gasteiger partial charge in [0.1, 0.15) is 0 Å². The lowest BCUT2D eigenvalue weighted by atomic mass is 9.88. The van der Waals surface area contributed by atoms with Gasteiger partial charge in [-0.3, -0.25) is 10.1 Å². The van der Waals surface area contributed by atoms with Gasteiger partial charge in [-0.15, -0.1) is 0 Å². The summed E-state index contributed by atoms with van der Waals surface area (Å²) in [5.41, 5.74) is 0.734. The second kappa shape index (κ2) is 5.42. The summed E-state index contributed by atoms with van der Waals surface area (Å²) in [5.74, 6) is -0.822. The number of aryl methyl sites for hydroxylation is 2. The maximum atomic E-state index is 12.6. The van der Waals surface area contributed by atoms with Crippen LogP contribution >= 0.6 is 0 Å². The third-order valence-corrected chi connectivity index (χ3v) is 4.31. The number of hydrogen-bond acceptors (Lipinski definition) is 5. The highest BCUT2D eigenvalue weighted by atomic mass is 16.6. The SMILES string of the molecule is CCOC(=O)C1(O)c2cccc([N+](=O)[O-])c2-c2cc(C)cc(C)c21. The average molecular weight is 327 g/mol. The van der Waals surface area contributed by atoms with Gasteiger partial charge in [0.05, 0.1) is 17.1 Å². The van der Waals surface area contributed by atoms with Crippen LogP contribution < -0.4 is 0 Å². The average Bonchev–Trinajstić information content (AvgIpc) is 2.78. The second-order valence-corrected chi connectivity index (χ2v) is 5.89. The molecule has 2 aromatic carbocycles. The third kappa shape index (κ3) is 2.03. The molecule has 0 saturated heterocycles. The van der Waals surface area contributed by atoms with E-state index in [0.717, 1.165) is 5.56 Å². The molecule has 124 valence electrons. The molecule has 0 heterocycles. The van der Waals surface area contributed by atoms with Crippen LogP contribution in [0.5, 0.6) is 0 Å². The maximum Gasteiger partial charge on any atom is 0.347 e. The zero-order valence-electron chi connectivity index (χ0n) is 13.6. The van der Waals surface area contributed by atoms with Crippen LogP contribution in [0, 0.1) is 24.0 Å². The molecule has 0 radical (unpaired) electrons. The molecule has 0 aromatic heterocycles. The Morgan fingerprint density at radius 2 is 2.04 bits per heavy atom. The number of ether oxygens (including phenoxy) is 1. The number of nitrogens with zero attached hydrogens (tertiary/aromatic N) is 1. The Labute approximate surface area is 138 Å². The molecule has 0 spiro atoms. The van der Waals surface area contributed by atoms with Crippen molar-refractivity contribution in [2.75, 3.05) is 6.61 Å². The largest absolute Gasteiger partial charge is 0.463 e. The fraction of sp³-hybridized carbons (Fsp3) is 0.278. The molecule has 6 nitrogen and oxygen atoms in total. The van der Waals surface area contributed by atoms with E-state index in [-0.39, 0.29) is 23.4 Å². The van der Waals surface area contributed by atoms with Gasteiger partial charge in [0.25, 0.3) is 5.69 Å². The van der Waals surface area contributed by atoms with E-state index < -0.39 is 16.5 Å². The van der Waals surface area contributed by atoms with Crippen molar-refractivity contribution in [1.82, 2.24) is 0 Å². The summed E-state index contributed by atoms with van der Waals surface area (Å²) in [4.78, 5) is 23.5. The summed E-state index contributed by atoms with van der Waals surface area (Å²) in [5, 5.41) is 22.7. The van der Waals surface area contributed by atoms with Crippen LogP contribution in [0.4, 0.5) is 5.69 Å². The lowest BCUT2D eigenvalue weighted by Crippen LogP contribution is -2.37. The van der Waals surface area contributed by atoms with E-state index in [2.05, 4.69) is 0 Å². The molecule has 1 unspecified atom stereocenters. The summed E-state index contributed by atoms with van der Waals surface area (Å²) >= 11 is 0. The van der Waals surface area contributed by atoms with Gasteiger partial charge in [-0.25, -0.2) is 4.79 Å². The molecule has 2 aromatic rings. The number of rotatable bonds is 3. The van der Waals surface area contributed by atoms with Gasteiger partial charge < -0.3 is 9.84 Å². The highest BCUT2D eigenvalue weighted by Crippen LogP contribution is 2.52. The number of benzene rings is 2. The summed E-state index contributed by atoms with van der Waals surface area (Å²) in [6, 6.07) is 7.96. The highest BCUT2D eigenvalue weighted by molar-refractivity contribution is 5.99. The minimum Gasteiger partial charge on any atom is -0.463 e. The van der Waals surface area contributed by atoms with E-state index in [1.54, 1.807) is 19.9 Å².